The summed E-state index contributed by atoms with van der Waals surface area (Å²) in [7, 11) is 3.67. The van der Waals surface area contributed by atoms with Crippen LogP contribution in [0.5, 0.6) is 0 Å². The standard InChI is InChI=1S/C17H17N3O3/c1-4-23-17(22)12-9-14-15(21)11-7-5-6-8-13(11)20(14)16(12)18-10-19(2)3/h5-10H,4H2,1-3H3/b18-10+. The fourth-order valence-corrected chi connectivity index (χ4v) is 2.57. The molecule has 0 saturated heterocycles. The summed E-state index contributed by atoms with van der Waals surface area (Å²) in [5.41, 5.74) is 2.07. The number of benzene rings is 1. The fraction of sp³-hybridized carbons (Fsp3) is 0.235. The van der Waals surface area contributed by atoms with Gasteiger partial charge >= 0.3 is 5.97 Å². The predicted octanol–water partition coefficient (Wildman–Crippen LogP) is 2.42. The van der Waals surface area contributed by atoms with Crippen LogP contribution in [0, 0.1) is 0 Å². The van der Waals surface area contributed by atoms with Crippen molar-refractivity contribution < 1.29 is 14.3 Å². The maximum absolute atomic E-state index is 12.5. The van der Waals surface area contributed by atoms with Crippen molar-refractivity contribution in [2.24, 2.45) is 4.99 Å². The smallest absolute Gasteiger partial charge is 0.342 e. The van der Waals surface area contributed by atoms with Crippen LogP contribution < -0.4 is 0 Å². The number of aliphatic imine (C=N–C) groups is 1. The molecule has 3 rings (SSSR count). The van der Waals surface area contributed by atoms with E-state index in [4.69, 9.17) is 4.74 Å². The minimum atomic E-state index is -0.481. The average molecular weight is 311 g/mol. The van der Waals surface area contributed by atoms with Crippen LogP contribution in [0.15, 0.2) is 35.3 Å². The molecule has 0 radical (unpaired) electrons. The zero-order valence-electron chi connectivity index (χ0n) is 13.2. The Morgan fingerprint density at radius 1 is 1.35 bits per heavy atom. The third-order valence-corrected chi connectivity index (χ3v) is 3.50. The lowest BCUT2D eigenvalue weighted by Gasteiger charge is -2.08. The highest BCUT2D eigenvalue weighted by atomic mass is 16.5. The van der Waals surface area contributed by atoms with Crippen molar-refractivity contribution >= 4 is 23.9 Å². The number of ether oxygens (including phenoxy) is 1. The largest absolute Gasteiger partial charge is 0.462 e. The van der Waals surface area contributed by atoms with Crippen molar-refractivity contribution in [1.29, 1.82) is 0 Å². The van der Waals surface area contributed by atoms with E-state index in [1.807, 2.05) is 32.3 Å². The third-order valence-electron chi connectivity index (χ3n) is 3.50. The van der Waals surface area contributed by atoms with Crippen LogP contribution in [-0.4, -0.2) is 48.3 Å². The van der Waals surface area contributed by atoms with E-state index in [0.29, 0.717) is 22.6 Å². The number of carbonyl (C=O) groups is 2. The SMILES string of the molecule is CCOC(=O)c1cc2n(c1/N=C/N(C)C)-c1ccccc1C2=O. The maximum atomic E-state index is 12.5. The van der Waals surface area contributed by atoms with Gasteiger partial charge in [-0.25, -0.2) is 9.79 Å². The molecule has 6 nitrogen and oxygen atoms in total. The van der Waals surface area contributed by atoms with Gasteiger partial charge in [-0.2, -0.15) is 0 Å². The number of hydrogen-bond donors (Lipinski definition) is 0. The molecule has 1 aromatic heterocycles. The van der Waals surface area contributed by atoms with E-state index in [2.05, 4.69) is 4.99 Å². The van der Waals surface area contributed by atoms with E-state index in [0.717, 1.165) is 5.69 Å². The van der Waals surface area contributed by atoms with Crippen LogP contribution >= 0.6 is 0 Å². The summed E-state index contributed by atoms with van der Waals surface area (Å²) in [4.78, 5) is 30.9. The first kappa shape index (κ1) is 15.0. The maximum Gasteiger partial charge on any atom is 0.342 e. The zero-order valence-corrected chi connectivity index (χ0v) is 13.2. The number of aromatic nitrogens is 1. The van der Waals surface area contributed by atoms with Gasteiger partial charge in [-0.05, 0) is 25.1 Å². The van der Waals surface area contributed by atoms with Crippen molar-refractivity contribution in [2.75, 3.05) is 20.7 Å². The van der Waals surface area contributed by atoms with Gasteiger partial charge in [-0.1, -0.05) is 12.1 Å². The molecule has 6 heteroatoms. The lowest BCUT2D eigenvalue weighted by atomic mass is 10.1. The van der Waals surface area contributed by atoms with Crippen molar-refractivity contribution in [2.45, 2.75) is 6.92 Å². The molecule has 118 valence electrons. The van der Waals surface area contributed by atoms with Gasteiger partial charge in [0.2, 0.25) is 5.78 Å². The number of hydrogen-bond acceptors (Lipinski definition) is 4. The van der Waals surface area contributed by atoms with E-state index in [-0.39, 0.29) is 12.4 Å². The second-order valence-electron chi connectivity index (χ2n) is 5.38. The minimum absolute atomic E-state index is 0.113. The number of carbonyl (C=O) groups excluding carboxylic acids is 2. The van der Waals surface area contributed by atoms with E-state index in [1.165, 1.54) is 0 Å². The Bertz CT molecular complexity index is 818. The molecule has 1 aliphatic rings. The summed E-state index contributed by atoms with van der Waals surface area (Å²) in [5, 5.41) is 0. The number of fused-ring (bicyclic) bond motifs is 3. The second kappa shape index (κ2) is 5.72. The van der Waals surface area contributed by atoms with Gasteiger partial charge in [0, 0.05) is 19.7 Å². The predicted molar refractivity (Wildman–Crippen MR) is 87.0 cm³/mol. The molecule has 23 heavy (non-hydrogen) atoms. The molecule has 0 fully saturated rings. The van der Waals surface area contributed by atoms with Crippen LogP contribution in [0.1, 0.15) is 33.3 Å². The Kier molecular flexibility index (Phi) is 3.73. The van der Waals surface area contributed by atoms with Gasteiger partial charge in [-0.3, -0.25) is 9.36 Å². The average Bonchev–Trinajstić information content (AvgIpc) is 3.03. The van der Waals surface area contributed by atoms with Crippen LogP contribution in [0.4, 0.5) is 5.82 Å². The van der Waals surface area contributed by atoms with E-state index in [9.17, 15) is 9.59 Å². The summed E-state index contributed by atoms with van der Waals surface area (Å²) >= 11 is 0. The molecule has 0 unspecified atom stereocenters. The van der Waals surface area contributed by atoms with Gasteiger partial charge < -0.3 is 9.64 Å². The highest BCUT2D eigenvalue weighted by Gasteiger charge is 2.33. The van der Waals surface area contributed by atoms with Gasteiger partial charge in [0.05, 0.1) is 24.3 Å². The van der Waals surface area contributed by atoms with Gasteiger partial charge in [0.1, 0.15) is 5.56 Å². The number of ketones is 1. The molecule has 1 aromatic carbocycles. The molecule has 0 amide bonds. The molecule has 2 aromatic rings. The van der Waals surface area contributed by atoms with E-state index < -0.39 is 5.97 Å². The number of esters is 1. The Hall–Kier alpha value is -2.89. The first-order chi connectivity index (χ1) is 11.0. The van der Waals surface area contributed by atoms with Crippen LogP contribution in [-0.2, 0) is 4.74 Å². The van der Waals surface area contributed by atoms with Gasteiger partial charge in [0.15, 0.2) is 5.82 Å². The Labute approximate surface area is 134 Å². The second-order valence-corrected chi connectivity index (χ2v) is 5.38. The first-order valence-electron chi connectivity index (χ1n) is 7.32. The van der Waals surface area contributed by atoms with Crippen LogP contribution in [0.2, 0.25) is 0 Å². The molecule has 1 aliphatic heterocycles. The van der Waals surface area contributed by atoms with Crippen molar-refractivity contribution in [1.82, 2.24) is 9.47 Å². The molecular weight excluding hydrogens is 294 g/mol. The molecule has 0 N–H and O–H groups in total. The highest BCUT2D eigenvalue weighted by Crippen LogP contribution is 2.37. The quantitative estimate of drug-likeness (QED) is 0.422. The lowest BCUT2D eigenvalue weighted by molar-refractivity contribution is 0.0527. The molecule has 0 bridgehead atoms. The molecule has 0 atom stereocenters. The lowest BCUT2D eigenvalue weighted by Crippen LogP contribution is -2.09. The van der Waals surface area contributed by atoms with Crippen molar-refractivity contribution in [3.63, 3.8) is 0 Å². The molecular formula is C17H17N3O3. The summed E-state index contributed by atoms with van der Waals surface area (Å²) in [6.07, 6.45) is 1.59. The summed E-state index contributed by atoms with van der Waals surface area (Å²) < 4.78 is 6.80. The highest BCUT2D eigenvalue weighted by molar-refractivity contribution is 6.16. The molecule has 2 heterocycles. The third kappa shape index (κ3) is 2.42. The van der Waals surface area contributed by atoms with Crippen LogP contribution in [0.3, 0.4) is 0 Å². The molecule has 0 saturated carbocycles. The van der Waals surface area contributed by atoms with Crippen molar-refractivity contribution in [3.8, 4) is 5.69 Å². The molecule has 0 spiro atoms. The van der Waals surface area contributed by atoms with Crippen LogP contribution in [0.25, 0.3) is 5.69 Å². The molecule has 0 aliphatic carbocycles. The first-order valence-corrected chi connectivity index (χ1v) is 7.32. The number of rotatable bonds is 4. The summed E-state index contributed by atoms with van der Waals surface area (Å²) in [6.45, 7) is 2.01. The topological polar surface area (TPSA) is 63.9 Å². The zero-order chi connectivity index (χ0) is 16.6. The summed E-state index contributed by atoms with van der Waals surface area (Å²) in [5.74, 6) is -0.187. The van der Waals surface area contributed by atoms with Gasteiger partial charge in [0.25, 0.3) is 0 Å². The number of nitrogens with zero attached hydrogens (tertiary/aromatic N) is 3. The fourth-order valence-electron chi connectivity index (χ4n) is 2.57. The van der Waals surface area contributed by atoms with E-state index in [1.54, 1.807) is 34.9 Å². The van der Waals surface area contributed by atoms with Crippen molar-refractivity contribution in [3.05, 3.63) is 47.2 Å². The Morgan fingerprint density at radius 3 is 2.78 bits per heavy atom. The van der Waals surface area contributed by atoms with Gasteiger partial charge in [-0.15, -0.1) is 0 Å². The Balaban J connectivity index is 2.22. The summed E-state index contributed by atoms with van der Waals surface area (Å²) in [6, 6.07) is 8.84. The number of para-hydroxylation sites is 1. The monoisotopic (exact) mass is 311 g/mol. The van der Waals surface area contributed by atoms with E-state index >= 15 is 0 Å². The normalized spacial score (nSPS) is 12.4. The Morgan fingerprint density at radius 2 is 2.09 bits per heavy atom. The minimum Gasteiger partial charge on any atom is -0.462 e.